The Kier molecular flexibility index (Phi) is 46.2. The molecule has 0 aromatic carbocycles. The third-order valence-corrected chi connectivity index (χ3v) is 14.1. The van der Waals surface area contributed by atoms with Crippen molar-refractivity contribution in [3.8, 4) is 0 Å². The second kappa shape index (κ2) is 46.6. The van der Waals surface area contributed by atoms with Crippen molar-refractivity contribution in [2.75, 3.05) is 40.9 Å². The number of carbonyl (C=O) groups is 1. The molecule has 0 rings (SSSR count). The Labute approximate surface area is 393 Å². The van der Waals surface area contributed by atoms with Gasteiger partial charge in [0.2, 0.25) is 5.91 Å². The summed E-state index contributed by atoms with van der Waals surface area (Å²) in [5.74, 6) is -0.137. The zero-order valence-corrected chi connectivity index (χ0v) is 44.0. The average molecular weight is 916 g/mol. The lowest BCUT2D eigenvalue weighted by molar-refractivity contribution is -0.870. The van der Waals surface area contributed by atoms with Crippen LogP contribution in [0.5, 0.6) is 0 Å². The number of aliphatic hydroxyl groups is 1. The first-order chi connectivity index (χ1) is 30.5. The summed E-state index contributed by atoms with van der Waals surface area (Å²) in [6, 6.07) is -0.754. The van der Waals surface area contributed by atoms with E-state index in [1.165, 1.54) is 225 Å². The number of nitrogens with one attached hydrogen (secondary N) is 1. The number of rotatable bonds is 52. The van der Waals surface area contributed by atoms with Gasteiger partial charge in [-0.25, -0.2) is 4.57 Å². The number of quaternary nitrogens is 1. The molecule has 0 radical (unpaired) electrons. The van der Waals surface area contributed by atoms with Gasteiger partial charge < -0.3 is 19.8 Å². The van der Waals surface area contributed by atoms with Crippen molar-refractivity contribution in [1.29, 1.82) is 0 Å². The van der Waals surface area contributed by atoms with E-state index >= 15 is 0 Å². The molecule has 9 heteroatoms. The number of likely N-dealkylation sites (N-methyl/N-ethyl adjacent to an activating group) is 1. The number of aliphatic hydroxyl groups excluding tert-OH is 1. The van der Waals surface area contributed by atoms with E-state index in [-0.39, 0.29) is 19.1 Å². The second-order valence-corrected chi connectivity index (χ2v) is 22.1. The molecular weight excluding hydrogens is 804 g/mol. The highest BCUT2D eigenvalue weighted by molar-refractivity contribution is 7.47. The number of phosphoric ester groups is 1. The topological polar surface area (TPSA) is 105 Å². The summed E-state index contributed by atoms with van der Waals surface area (Å²) in [5, 5.41) is 14.0. The molecule has 0 aromatic heterocycles. The second-order valence-electron chi connectivity index (χ2n) is 20.7. The first-order valence-electron chi connectivity index (χ1n) is 27.9. The maximum atomic E-state index is 13.0. The molecular formula is C54H112N2O6P+. The van der Waals surface area contributed by atoms with Crippen LogP contribution in [0.2, 0.25) is 0 Å². The lowest BCUT2D eigenvalue weighted by Crippen LogP contribution is -2.46. The molecule has 0 saturated heterocycles. The molecule has 3 atom stereocenters. The summed E-state index contributed by atoms with van der Waals surface area (Å²) in [5.41, 5.74) is 0. The summed E-state index contributed by atoms with van der Waals surface area (Å²) in [4.78, 5) is 23.3. The van der Waals surface area contributed by atoms with Gasteiger partial charge in [-0.05, 0) is 12.8 Å². The molecule has 0 fully saturated rings. The minimum absolute atomic E-state index is 0.0788. The van der Waals surface area contributed by atoms with Gasteiger partial charge in [0.05, 0.1) is 39.9 Å². The van der Waals surface area contributed by atoms with Gasteiger partial charge in [-0.3, -0.25) is 13.8 Å². The van der Waals surface area contributed by atoms with Crippen LogP contribution in [0.3, 0.4) is 0 Å². The van der Waals surface area contributed by atoms with Gasteiger partial charge in [0.15, 0.2) is 0 Å². The molecule has 0 aliphatic carbocycles. The highest BCUT2D eigenvalue weighted by Crippen LogP contribution is 2.43. The van der Waals surface area contributed by atoms with Crippen LogP contribution in [-0.2, 0) is 18.4 Å². The van der Waals surface area contributed by atoms with Crippen molar-refractivity contribution < 1.29 is 32.9 Å². The van der Waals surface area contributed by atoms with Crippen molar-refractivity contribution in [3.05, 3.63) is 0 Å². The molecule has 1 unspecified atom stereocenters. The SMILES string of the molecule is CCCCCCCCCCCCCCCCCCCCCCCCCCCCCCC(=O)N[C@@H](COP(=O)(O)OCC[N+](C)(C)C)[C@H](O)CCCCCCCCCCCCCCC. The molecule has 0 aromatic rings. The van der Waals surface area contributed by atoms with E-state index in [1.54, 1.807) is 0 Å². The molecule has 0 aliphatic heterocycles. The Hall–Kier alpha value is -0.500. The first kappa shape index (κ1) is 62.5. The zero-order valence-electron chi connectivity index (χ0n) is 43.1. The van der Waals surface area contributed by atoms with Gasteiger partial charge in [0, 0.05) is 6.42 Å². The van der Waals surface area contributed by atoms with E-state index in [0.717, 1.165) is 38.5 Å². The van der Waals surface area contributed by atoms with Crippen LogP contribution < -0.4 is 5.32 Å². The molecule has 0 bridgehead atoms. The third-order valence-electron chi connectivity index (χ3n) is 13.1. The fourth-order valence-corrected chi connectivity index (χ4v) is 9.43. The molecule has 0 aliphatic rings. The lowest BCUT2D eigenvalue weighted by Gasteiger charge is -2.26. The average Bonchev–Trinajstić information content (AvgIpc) is 3.24. The molecule has 378 valence electrons. The lowest BCUT2D eigenvalue weighted by atomic mass is 10.0. The summed E-state index contributed by atoms with van der Waals surface area (Å²) in [6.45, 7) is 4.93. The van der Waals surface area contributed by atoms with Gasteiger partial charge in [0.25, 0.3) is 0 Å². The number of nitrogens with zero attached hydrogens (tertiary/aromatic N) is 1. The maximum Gasteiger partial charge on any atom is 0.472 e. The number of phosphoric acid groups is 1. The van der Waals surface area contributed by atoms with Crippen LogP contribution in [0, 0.1) is 0 Å². The smallest absolute Gasteiger partial charge is 0.391 e. The summed E-state index contributed by atoms with van der Waals surface area (Å²) in [7, 11) is 1.63. The fourth-order valence-electron chi connectivity index (χ4n) is 8.70. The molecule has 3 N–H and O–H groups in total. The Morgan fingerprint density at radius 3 is 1.06 bits per heavy atom. The van der Waals surface area contributed by atoms with Gasteiger partial charge in [-0.1, -0.05) is 271 Å². The largest absolute Gasteiger partial charge is 0.472 e. The van der Waals surface area contributed by atoms with Gasteiger partial charge in [0.1, 0.15) is 13.2 Å². The van der Waals surface area contributed by atoms with E-state index in [2.05, 4.69) is 19.2 Å². The van der Waals surface area contributed by atoms with Crippen LogP contribution in [-0.4, -0.2) is 73.4 Å². The van der Waals surface area contributed by atoms with Crippen LogP contribution >= 0.6 is 7.82 Å². The number of carbonyl (C=O) groups excluding carboxylic acids is 1. The van der Waals surface area contributed by atoms with Crippen LogP contribution in [0.15, 0.2) is 0 Å². The molecule has 0 heterocycles. The monoisotopic (exact) mass is 916 g/mol. The highest BCUT2D eigenvalue weighted by Gasteiger charge is 2.28. The maximum absolute atomic E-state index is 13.0. The van der Waals surface area contributed by atoms with Crippen molar-refractivity contribution in [2.45, 2.75) is 302 Å². The van der Waals surface area contributed by atoms with Gasteiger partial charge in [-0.15, -0.1) is 0 Å². The standard InChI is InChI=1S/C54H111N2O6P/c1-6-8-10-12-14-16-18-20-21-22-23-24-25-26-27-28-29-30-31-32-33-34-36-38-40-42-44-46-48-54(58)55-52(51-62-63(59,60)61-50-49-56(3,4)5)53(57)47-45-43-41-39-37-35-19-17-15-13-11-9-7-2/h52-53,57H,6-51H2,1-5H3,(H-,55,58,59,60)/p+1/t52-,53+/m0/s1. The van der Waals surface area contributed by atoms with Gasteiger partial charge in [-0.2, -0.15) is 0 Å². The Bertz CT molecular complexity index is 994. The van der Waals surface area contributed by atoms with Crippen molar-refractivity contribution in [1.82, 2.24) is 5.32 Å². The minimum Gasteiger partial charge on any atom is -0.391 e. The predicted octanol–water partition coefficient (Wildman–Crippen LogP) is 16.5. The van der Waals surface area contributed by atoms with Crippen LogP contribution in [0.4, 0.5) is 0 Å². The van der Waals surface area contributed by atoms with Crippen LogP contribution in [0.1, 0.15) is 290 Å². The predicted molar refractivity (Wildman–Crippen MR) is 272 cm³/mol. The molecule has 0 saturated carbocycles. The molecule has 0 spiro atoms. The quantitative estimate of drug-likeness (QED) is 0.0319. The van der Waals surface area contributed by atoms with Crippen LogP contribution in [0.25, 0.3) is 0 Å². The van der Waals surface area contributed by atoms with Crippen molar-refractivity contribution in [2.24, 2.45) is 0 Å². The zero-order chi connectivity index (χ0) is 46.4. The number of hydrogen-bond donors (Lipinski definition) is 3. The Morgan fingerprint density at radius 1 is 0.476 bits per heavy atom. The van der Waals surface area contributed by atoms with Crippen molar-refractivity contribution in [3.63, 3.8) is 0 Å². The third kappa shape index (κ3) is 49.2. The van der Waals surface area contributed by atoms with Crippen molar-refractivity contribution >= 4 is 13.7 Å². The molecule has 63 heavy (non-hydrogen) atoms. The normalized spacial score (nSPS) is 14.0. The summed E-state index contributed by atoms with van der Waals surface area (Å²) < 4.78 is 23.7. The highest BCUT2D eigenvalue weighted by atomic mass is 31.2. The summed E-state index contributed by atoms with van der Waals surface area (Å²) in [6.07, 6.45) is 54.5. The fraction of sp³-hybridized carbons (Fsp3) is 0.981. The Balaban J connectivity index is 4.02. The van der Waals surface area contributed by atoms with E-state index in [9.17, 15) is 19.4 Å². The number of unbranched alkanes of at least 4 members (excludes halogenated alkanes) is 39. The Morgan fingerprint density at radius 2 is 0.762 bits per heavy atom. The minimum atomic E-state index is -4.31. The van der Waals surface area contributed by atoms with E-state index in [0.29, 0.717) is 23.9 Å². The molecule has 8 nitrogen and oxygen atoms in total. The van der Waals surface area contributed by atoms with E-state index < -0.39 is 20.0 Å². The number of amides is 1. The molecule has 1 amide bonds. The summed E-state index contributed by atoms with van der Waals surface area (Å²) >= 11 is 0. The van der Waals surface area contributed by atoms with E-state index in [4.69, 9.17) is 9.05 Å². The first-order valence-corrected chi connectivity index (χ1v) is 29.4. The van der Waals surface area contributed by atoms with E-state index in [1.807, 2.05) is 21.1 Å². The van der Waals surface area contributed by atoms with Gasteiger partial charge >= 0.3 is 7.82 Å². The number of hydrogen-bond acceptors (Lipinski definition) is 5.